The van der Waals surface area contributed by atoms with Gasteiger partial charge in [-0.05, 0) is 24.3 Å². The summed E-state index contributed by atoms with van der Waals surface area (Å²) in [5.41, 5.74) is 1.91. The summed E-state index contributed by atoms with van der Waals surface area (Å²) in [5, 5.41) is 1.91. The van der Waals surface area contributed by atoms with Gasteiger partial charge in [-0.2, -0.15) is 0 Å². The number of H-pyrrole nitrogens is 1. The van der Waals surface area contributed by atoms with Gasteiger partial charge in [0.25, 0.3) is 0 Å². The van der Waals surface area contributed by atoms with Crippen molar-refractivity contribution in [1.29, 1.82) is 0 Å². The Morgan fingerprint density at radius 3 is 2.50 bits per heavy atom. The standard InChI is InChI=1S/C9H7NO.C8H6O/c11-9-5-6-10-8-4-2-1-3-7(8)9;1-2-4-8-7(3-1)5-6-9-8/h1-6H,(H,10,11);1-6H. The molecule has 20 heavy (non-hydrogen) atoms. The van der Waals surface area contributed by atoms with Gasteiger partial charge in [0.2, 0.25) is 0 Å². The summed E-state index contributed by atoms with van der Waals surface area (Å²) in [6.45, 7) is 0. The van der Waals surface area contributed by atoms with E-state index in [4.69, 9.17) is 4.42 Å². The van der Waals surface area contributed by atoms with Gasteiger partial charge in [-0.15, -0.1) is 0 Å². The largest absolute Gasteiger partial charge is 0.464 e. The maximum atomic E-state index is 11.2. The van der Waals surface area contributed by atoms with E-state index >= 15 is 0 Å². The van der Waals surface area contributed by atoms with Crippen LogP contribution in [0.2, 0.25) is 0 Å². The summed E-state index contributed by atoms with van der Waals surface area (Å²) in [6, 6.07) is 18.9. The van der Waals surface area contributed by atoms with Gasteiger partial charge in [-0.25, -0.2) is 0 Å². The van der Waals surface area contributed by atoms with Crippen LogP contribution < -0.4 is 5.43 Å². The summed E-state index contributed by atoms with van der Waals surface area (Å²) in [7, 11) is 0. The monoisotopic (exact) mass is 263 g/mol. The molecule has 0 saturated carbocycles. The Bertz CT molecular complexity index is 854. The molecule has 0 atom stereocenters. The molecule has 0 bridgehead atoms. The van der Waals surface area contributed by atoms with Gasteiger partial charge in [0.1, 0.15) is 5.58 Å². The van der Waals surface area contributed by atoms with E-state index in [1.807, 2.05) is 54.6 Å². The molecule has 3 heteroatoms. The summed E-state index contributed by atoms with van der Waals surface area (Å²) < 4.78 is 5.12. The average molecular weight is 263 g/mol. The van der Waals surface area contributed by atoms with Crippen LogP contribution in [0, 0.1) is 0 Å². The Balaban J connectivity index is 0.000000123. The molecular formula is C17H13NO2. The highest BCUT2D eigenvalue weighted by Gasteiger charge is 1.92. The van der Waals surface area contributed by atoms with Crippen molar-refractivity contribution >= 4 is 21.9 Å². The van der Waals surface area contributed by atoms with E-state index in [1.165, 1.54) is 6.07 Å². The molecule has 4 aromatic rings. The van der Waals surface area contributed by atoms with Crippen LogP contribution >= 0.6 is 0 Å². The molecular weight excluding hydrogens is 250 g/mol. The van der Waals surface area contributed by atoms with Crippen molar-refractivity contribution in [2.24, 2.45) is 0 Å². The normalized spacial score (nSPS) is 10.2. The zero-order valence-electron chi connectivity index (χ0n) is 10.7. The first kappa shape index (κ1) is 12.2. The first-order valence-electron chi connectivity index (χ1n) is 6.33. The minimum Gasteiger partial charge on any atom is -0.464 e. The van der Waals surface area contributed by atoms with E-state index in [0.717, 1.165) is 21.9 Å². The first-order valence-corrected chi connectivity index (χ1v) is 6.33. The number of fused-ring (bicyclic) bond motifs is 2. The molecule has 0 aliphatic heterocycles. The first-order chi connectivity index (χ1) is 9.84. The minimum atomic E-state index is 0.0688. The zero-order chi connectivity index (χ0) is 13.8. The molecule has 98 valence electrons. The van der Waals surface area contributed by atoms with Crippen LogP contribution in [0.4, 0.5) is 0 Å². The third-order valence-corrected chi connectivity index (χ3v) is 3.03. The number of nitrogens with one attached hydrogen (secondary N) is 1. The van der Waals surface area contributed by atoms with Crippen molar-refractivity contribution in [1.82, 2.24) is 4.98 Å². The van der Waals surface area contributed by atoms with Gasteiger partial charge in [-0.3, -0.25) is 4.79 Å². The Kier molecular flexibility index (Phi) is 3.33. The molecule has 0 spiro atoms. The number of aromatic amines is 1. The van der Waals surface area contributed by atoms with Crippen molar-refractivity contribution in [3.63, 3.8) is 0 Å². The van der Waals surface area contributed by atoms with Crippen LogP contribution in [-0.2, 0) is 0 Å². The maximum absolute atomic E-state index is 11.2. The van der Waals surface area contributed by atoms with Gasteiger partial charge in [-0.1, -0.05) is 30.3 Å². The number of hydrogen-bond acceptors (Lipinski definition) is 2. The Labute approximate surface area is 115 Å². The van der Waals surface area contributed by atoms with Crippen LogP contribution in [0.25, 0.3) is 21.9 Å². The maximum Gasteiger partial charge on any atom is 0.189 e. The summed E-state index contributed by atoms with van der Waals surface area (Å²) >= 11 is 0. The molecule has 4 rings (SSSR count). The van der Waals surface area contributed by atoms with Crippen LogP contribution in [0.5, 0.6) is 0 Å². The Morgan fingerprint density at radius 2 is 1.65 bits per heavy atom. The highest BCUT2D eigenvalue weighted by atomic mass is 16.3. The van der Waals surface area contributed by atoms with Crippen LogP contribution in [-0.4, -0.2) is 4.98 Å². The van der Waals surface area contributed by atoms with Crippen molar-refractivity contribution in [2.45, 2.75) is 0 Å². The summed E-state index contributed by atoms with van der Waals surface area (Å²) in [5.74, 6) is 0. The lowest BCUT2D eigenvalue weighted by molar-refractivity contribution is 0.616. The van der Waals surface area contributed by atoms with E-state index in [9.17, 15) is 4.79 Å². The SMILES string of the molecule is O=c1cc[nH]c2ccccc12.c1ccc2occc2c1. The Morgan fingerprint density at radius 1 is 0.850 bits per heavy atom. The molecule has 0 unspecified atom stereocenters. The predicted octanol–water partition coefficient (Wildman–Crippen LogP) is 3.96. The minimum absolute atomic E-state index is 0.0688. The third kappa shape index (κ3) is 2.47. The van der Waals surface area contributed by atoms with Crippen molar-refractivity contribution in [3.05, 3.63) is 83.3 Å². The number of aromatic nitrogens is 1. The lowest BCUT2D eigenvalue weighted by Gasteiger charge is -1.92. The third-order valence-electron chi connectivity index (χ3n) is 3.03. The lowest BCUT2D eigenvalue weighted by atomic mass is 10.2. The second-order valence-electron chi connectivity index (χ2n) is 4.35. The molecule has 0 aliphatic rings. The van der Waals surface area contributed by atoms with Gasteiger partial charge in [0, 0.05) is 28.6 Å². The van der Waals surface area contributed by atoms with Gasteiger partial charge < -0.3 is 9.40 Å². The van der Waals surface area contributed by atoms with Crippen LogP contribution in [0.3, 0.4) is 0 Å². The highest BCUT2D eigenvalue weighted by Crippen LogP contribution is 2.12. The van der Waals surface area contributed by atoms with E-state index in [0.29, 0.717) is 0 Å². The van der Waals surface area contributed by atoms with Crippen molar-refractivity contribution in [3.8, 4) is 0 Å². The highest BCUT2D eigenvalue weighted by molar-refractivity contribution is 5.77. The van der Waals surface area contributed by atoms with E-state index in [-0.39, 0.29) is 5.43 Å². The average Bonchev–Trinajstić information content (AvgIpc) is 2.97. The molecule has 2 aromatic heterocycles. The number of pyridine rings is 1. The molecule has 1 N–H and O–H groups in total. The summed E-state index contributed by atoms with van der Waals surface area (Å²) in [6.07, 6.45) is 3.36. The smallest absolute Gasteiger partial charge is 0.189 e. The van der Waals surface area contributed by atoms with Gasteiger partial charge in [0.05, 0.1) is 6.26 Å². The predicted molar refractivity (Wildman–Crippen MR) is 80.8 cm³/mol. The van der Waals surface area contributed by atoms with E-state index in [2.05, 4.69) is 4.98 Å². The Hall–Kier alpha value is -2.81. The van der Waals surface area contributed by atoms with Crippen LogP contribution in [0.1, 0.15) is 0 Å². The second kappa shape index (κ2) is 5.45. The number of furan rings is 1. The fourth-order valence-corrected chi connectivity index (χ4v) is 2.03. The van der Waals surface area contributed by atoms with Gasteiger partial charge in [0.15, 0.2) is 5.43 Å². The number of hydrogen-bond donors (Lipinski definition) is 1. The molecule has 0 fully saturated rings. The molecule has 2 aromatic carbocycles. The fourth-order valence-electron chi connectivity index (χ4n) is 2.03. The fraction of sp³-hybridized carbons (Fsp3) is 0. The quantitative estimate of drug-likeness (QED) is 0.522. The van der Waals surface area contributed by atoms with Gasteiger partial charge >= 0.3 is 0 Å². The molecule has 0 saturated heterocycles. The molecule has 0 aliphatic carbocycles. The number of para-hydroxylation sites is 2. The van der Waals surface area contributed by atoms with E-state index in [1.54, 1.807) is 12.5 Å². The molecule has 2 heterocycles. The number of rotatable bonds is 0. The second-order valence-corrected chi connectivity index (χ2v) is 4.35. The topological polar surface area (TPSA) is 46.0 Å². The molecule has 0 radical (unpaired) electrons. The summed E-state index contributed by atoms with van der Waals surface area (Å²) in [4.78, 5) is 14.2. The van der Waals surface area contributed by atoms with E-state index < -0.39 is 0 Å². The number of benzene rings is 2. The zero-order valence-corrected chi connectivity index (χ0v) is 10.7. The van der Waals surface area contributed by atoms with Crippen molar-refractivity contribution < 1.29 is 4.42 Å². The van der Waals surface area contributed by atoms with Crippen molar-refractivity contribution in [2.75, 3.05) is 0 Å². The lowest BCUT2D eigenvalue weighted by Crippen LogP contribution is -1.98. The molecule has 0 amide bonds. The molecule has 3 nitrogen and oxygen atoms in total. The van der Waals surface area contributed by atoms with Crippen LogP contribution in [0.15, 0.2) is 82.3 Å².